The van der Waals surface area contributed by atoms with E-state index in [2.05, 4.69) is 10.00 Å². The maximum Gasteiger partial charge on any atom is 0.354 e. The van der Waals surface area contributed by atoms with E-state index < -0.39 is 5.97 Å². The van der Waals surface area contributed by atoms with Crippen LogP contribution in [0.2, 0.25) is 5.02 Å². The van der Waals surface area contributed by atoms with Crippen LogP contribution in [0.5, 0.6) is 5.75 Å². The third-order valence-electron chi connectivity index (χ3n) is 10.2. The minimum absolute atomic E-state index is 0.103. The molecule has 0 unspecified atom stereocenters. The zero-order chi connectivity index (χ0) is 38.8. The number of carbonyl (C=O) groups is 1. The van der Waals surface area contributed by atoms with E-state index in [1.165, 1.54) is 19.2 Å². The zero-order valence-corrected chi connectivity index (χ0v) is 32.6. The number of hydrogen-bond donors (Lipinski definition) is 1. The van der Waals surface area contributed by atoms with Gasteiger partial charge in [-0.15, -0.1) is 0 Å². The number of hydrogen-bond acceptors (Lipinski definition) is 9. The van der Waals surface area contributed by atoms with Gasteiger partial charge in [0.05, 0.1) is 69.5 Å². The molecule has 12 nitrogen and oxygen atoms in total. The van der Waals surface area contributed by atoms with Crippen molar-refractivity contribution < 1.29 is 33.2 Å². The molecule has 6 aromatic rings. The Balaban J connectivity index is 1.27. The van der Waals surface area contributed by atoms with Gasteiger partial charge in [-0.1, -0.05) is 17.7 Å². The second-order valence-electron chi connectivity index (χ2n) is 13.9. The molecule has 0 amide bonds. The van der Waals surface area contributed by atoms with Gasteiger partial charge in [-0.05, 0) is 79.2 Å². The van der Waals surface area contributed by atoms with Crippen molar-refractivity contribution in [3.63, 3.8) is 0 Å². The summed E-state index contributed by atoms with van der Waals surface area (Å²) in [4.78, 5) is 15.7. The lowest BCUT2D eigenvalue weighted by atomic mass is 9.96. The molecule has 0 radical (unpaired) electrons. The Kier molecular flexibility index (Phi) is 11.6. The molecule has 55 heavy (non-hydrogen) atoms. The molecule has 0 bridgehead atoms. The molecule has 0 fully saturated rings. The van der Waals surface area contributed by atoms with Crippen molar-refractivity contribution in [2.75, 3.05) is 40.6 Å². The van der Waals surface area contributed by atoms with Crippen molar-refractivity contribution in [1.82, 2.24) is 29.0 Å². The lowest BCUT2D eigenvalue weighted by Crippen LogP contribution is -2.27. The Morgan fingerprint density at radius 2 is 1.89 bits per heavy atom. The molecule has 3 aromatic heterocycles. The van der Waals surface area contributed by atoms with Crippen molar-refractivity contribution in [2.24, 2.45) is 7.05 Å². The van der Waals surface area contributed by atoms with Crippen LogP contribution in [-0.4, -0.2) is 80.7 Å². The predicted octanol–water partition coefficient (Wildman–Crippen LogP) is 6.73. The normalized spacial score (nSPS) is 13.0. The van der Waals surface area contributed by atoms with Crippen molar-refractivity contribution in [3.8, 4) is 16.9 Å². The van der Waals surface area contributed by atoms with Gasteiger partial charge in [-0.25, -0.2) is 9.18 Å². The van der Waals surface area contributed by atoms with Crippen LogP contribution in [-0.2, 0) is 60.7 Å². The third-order valence-corrected chi connectivity index (χ3v) is 10.5. The molecule has 0 aliphatic carbocycles. The van der Waals surface area contributed by atoms with E-state index in [1.807, 2.05) is 60.5 Å². The number of aromatic nitrogens is 5. The summed E-state index contributed by atoms with van der Waals surface area (Å²) in [6, 6.07) is 14.3. The number of aliphatic hydroxyl groups excluding tert-OH is 1. The summed E-state index contributed by atoms with van der Waals surface area (Å²) >= 11 is 7.19. The quantitative estimate of drug-likeness (QED) is 0.0896. The largest absolute Gasteiger partial charge is 0.493 e. The molecule has 0 atom stereocenters. The minimum atomic E-state index is -0.452. The van der Waals surface area contributed by atoms with Crippen LogP contribution in [0.3, 0.4) is 0 Å². The van der Waals surface area contributed by atoms with E-state index >= 15 is 0 Å². The molecule has 3 aromatic carbocycles. The minimum Gasteiger partial charge on any atom is -0.493 e. The predicted molar refractivity (Wildman–Crippen MR) is 208 cm³/mol. The number of aliphatic hydroxyl groups is 1. The Morgan fingerprint density at radius 3 is 2.65 bits per heavy atom. The van der Waals surface area contributed by atoms with Gasteiger partial charge < -0.3 is 28.6 Å². The van der Waals surface area contributed by atoms with Crippen molar-refractivity contribution in [1.29, 1.82) is 0 Å². The van der Waals surface area contributed by atoms with Crippen molar-refractivity contribution in [2.45, 2.75) is 59.7 Å². The molecule has 14 heteroatoms. The molecule has 1 N–H and O–H groups in total. The SMILES string of the molecule is COCCN(Cc1cc(CO)n(C)n1)Cc1nn2c(c1-c1c(Cl)ccc3c1c(C)c(C(=O)OC)n3CCCOc1cc(C)cc3cc(F)ccc13)COCC2. The lowest BCUT2D eigenvalue weighted by molar-refractivity contribution is 0.0587. The highest BCUT2D eigenvalue weighted by Crippen LogP contribution is 2.43. The monoisotopic (exact) mass is 772 g/mol. The van der Waals surface area contributed by atoms with Crippen LogP contribution < -0.4 is 4.74 Å². The number of methoxy groups -OCH3 is 2. The molecule has 1 aliphatic rings. The van der Waals surface area contributed by atoms with Gasteiger partial charge in [0.15, 0.2) is 0 Å². The summed E-state index contributed by atoms with van der Waals surface area (Å²) in [6.45, 7) is 8.15. The fourth-order valence-corrected chi connectivity index (χ4v) is 7.95. The number of benzene rings is 3. The molecule has 0 saturated heterocycles. The number of rotatable bonds is 15. The van der Waals surface area contributed by atoms with Gasteiger partial charge in [-0.3, -0.25) is 14.3 Å². The van der Waals surface area contributed by atoms with Crippen LogP contribution >= 0.6 is 11.6 Å². The second kappa shape index (κ2) is 16.5. The van der Waals surface area contributed by atoms with Crippen LogP contribution in [0.15, 0.2) is 48.5 Å². The summed E-state index contributed by atoms with van der Waals surface area (Å²) in [5, 5.41) is 22.5. The number of carbonyl (C=O) groups excluding carboxylic acids is 1. The average Bonchev–Trinajstić information content (AvgIpc) is 3.81. The summed E-state index contributed by atoms with van der Waals surface area (Å²) in [7, 11) is 4.88. The highest BCUT2D eigenvalue weighted by molar-refractivity contribution is 6.35. The van der Waals surface area contributed by atoms with Gasteiger partial charge in [0.2, 0.25) is 0 Å². The molecule has 290 valence electrons. The molecule has 0 spiro atoms. The molecular formula is C41H46ClFN6O6. The first kappa shape index (κ1) is 38.5. The van der Waals surface area contributed by atoms with Crippen molar-refractivity contribution >= 4 is 39.2 Å². The first-order chi connectivity index (χ1) is 26.6. The number of aryl methyl sites for hydroxylation is 4. The van der Waals surface area contributed by atoms with Gasteiger partial charge >= 0.3 is 5.97 Å². The summed E-state index contributed by atoms with van der Waals surface area (Å²) in [6.07, 6.45) is 0.573. The van der Waals surface area contributed by atoms with Gasteiger partial charge in [0.1, 0.15) is 17.3 Å². The number of halogens is 2. The Hall–Kier alpha value is -4.79. The first-order valence-electron chi connectivity index (χ1n) is 18.3. The van der Waals surface area contributed by atoms with Crippen LogP contribution in [0.1, 0.15) is 50.8 Å². The van der Waals surface area contributed by atoms with E-state index in [4.69, 9.17) is 35.6 Å². The molecule has 7 rings (SSSR count). The van der Waals surface area contributed by atoms with Crippen LogP contribution in [0, 0.1) is 19.7 Å². The highest BCUT2D eigenvalue weighted by atomic mass is 35.5. The number of fused-ring (bicyclic) bond motifs is 3. The standard InChI is InChI=1S/C41H46ClFN6O6/c1-25-17-27-19-28(43)7-8-31(27)36(18-25)55-14-6-11-48-34-10-9-32(42)38(37(34)26(2)40(48)41(51)53-5)39-33(45-49-13-16-54-24-35(39)49)22-47(12-15-52-4)21-29-20-30(23-50)46(3)44-29/h7-10,17-20,50H,6,11-16,21-24H2,1-5H3. The Bertz CT molecular complexity index is 2360. The van der Waals surface area contributed by atoms with Gasteiger partial charge in [0, 0.05) is 72.8 Å². The molecule has 4 heterocycles. The van der Waals surface area contributed by atoms with E-state index in [1.54, 1.807) is 17.9 Å². The zero-order valence-electron chi connectivity index (χ0n) is 31.8. The Morgan fingerprint density at radius 1 is 1.05 bits per heavy atom. The van der Waals surface area contributed by atoms with E-state index in [-0.39, 0.29) is 12.4 Å². The topological polar surface area (TPSA) is 118 Å². The number of ether oxygens (including phenoxy) is 4. The fourth-order valence-electron chi connectivity index (χ4n) is 7.70. The molecular weight excluding hydrogens is 727 g/mol. The van der Waals surface area contributed by atoms with Crippen LogP contribution in [0.4, 0.5) is 4.39 Å². The maximum atomic E-state index is 14.0. The van der Waals surface area contributed by atoms with Gasteiger partial charge in [0.25, 0.3) is 0 Å². The van der Waals surface area contributed by atoms with Gasteiger partial charge in [-0.2, -0.15) is 10.2 Å². The highest BCUT2D eigenvalue weighted by Gasteiger charge is 2.30. The molecule has 0 saturated carbocycles. The summed E-state index contributed by atoms with van der Waals surface area (Å²) < 4.78 is 42.8. The smallest absolute Gasteiger partial charge is 0.354 e. The van der Waals surface area contributed by atoms with Crippen LogP contribution in [0.25, 0.3) is 32.8 Å². The van der Waals surface area contributed by atoms with E-state index in [0.29, 0.717) is 82.0 Å². The summed E-state index contributed by atoms with van der Waals surface area (Å²) in [5.41, 5.74) is 7.91. The average molecular weight is 773 g/mol. The van der Waals surface area contributed by atoms with Crippen molar-refractivity contribution in [3.05, 3.63) is 99.0 Å². The fraction of sp³-hybridized carbons (Fsp3) is 0.390. The third kappa shape index (κ3) is 7.72. The first-order valence-corrected chi connectivity index (χ1v) is 18.7. The number of esters is 1. The lowest BCUT2D eigenvalue weighted by Gasteiger charge is -2.21. The Labute approximate surface area is 323 Å². The molecule has 1 aliphatic heterocycles. The van der Waals surface area contributed by atoms with E-state index in [0.717, 1.165) is 66.7 Å². The second-order valence-corrected chi connectivity index (χ2v) is 14.3. The number of nitrogens with zero attached hydrogens (tertiary/aromatic N) is 6. The maximum absolute atomic E-state index is 14.0. The summed E-state index contributed by atoms with van der Waals surface area (Å²) in [5.74, 6) is -0.0643. The van der Waals surface area contributed by atoms with E-state index in [9.17, 15) is 14.3 Å².